The van der Waals surface area contributed by atoms with E-state index in [1.807, 2.05) is 0 Å². The normalized spacial score (nSPS) is 11.5. The lowest BCUT2D eigenvalue weighted by atomic mass is 10.2. The van der Waals surface area contributed by atoms with Crippen molar-refractivity contribution in [3.8, 4) is 0 Å². The number of hydrogen-bond donors (Lipinski definition) is 0. The van der Waals surface area contributed by atoms with Gasteiger partial charge in [0, 0.05) is 12.3 Å². The number of pyridine rings is 1. The zero-order valence-electron chi connectivity index (χ0n) is 9.48. The van der Waals surface area contributed by atoms with Gasteiger partial charge in [0.1, 0.15) is 0 Å². The molecule has 0 atom stereocenters. The van der Waals surface area contributed by atoms with Crippen LogP contribution in [0.2, 0.25) is 0 Å². The average Bonchev–Trinajstić information content (AvgIpc) is 2.84. The molecule has 0 radical (unpaired) electrons. The van der Waals surface area contributed by atoms with E-state index in [0.29, 0.717) is 16.8 Å². The Balaban J connectivity index is 2.30. The van der Waals surface area contributed by atoms with Crippen LogP contribution in [-0.4, -0.2) is 10.4 Å². The van der Waals surface area contributed by atoms with Crippen LogP contribution in [0.1, 0.15) is 16.1 Å². The fraction of sp³-hybridized carbons (Fsp3) is 0.167. The van der Waals surface area contributed by atoms with Gasteiger partial charge in [0.2, 0.25) is 5.78 Å². The molecule has 100 valence electrons. The van der Waals surface area contributed by atoms with Crippen LogP contribution < -0.4 is 5.56 Å². The molecule has 0 saturated heterocycles. The van der Waals surface area contributed by atoms with Crippen molar-refractivity contribution in [2.75, 3.05) is 0 Å². The number of rotatable bonds is 3. The zero-order chi connectivity index (χ0) is 14.0. The van der Waals surface area contributed by atoms with Crippen LogP contribution in [0.5, 0.6) is 0 Å². The monoisotopic (exact) mass is 271 g/mol. The molecule has 2 heterocycles. The molecule has 4 nitrogen and oxygen atoms in total. The number of alkyl halides is 3. The summed E-state index contributed by atoms with van der Waals surface area (Å²) in [5.74, 6) is -0.587. The predicted molar refractivity (Wildman–Crippen MR) is 58.7 cm³/mol. The molecule has 2 aromatic heterocycles. The maximum absolute atomic E-state index is 12.5. The Hall–Kier alpha value is -2.31. The van der Waals surface area contributed by atoms with Crippen LogP contribution in [0, 0.1) is 0 Å². The summed E-state index contributed by atoms with van der Waals surface area (Å²) in [5.41, 5.74) is -1.67. The Morgan fingerprint density at radius 1 is 1.26 bits per heavy atom. The van der Waals surface area contributed by atoms with E-state index in [1.165, 1.54) is 18.4 Å². The van der Waals surface area contributed by atoms with Crippen molar-refractivity contribution in [1.82, 2.24) is 4.57 Å². The van der Waals surface area contributed by atoms with E-state index < -0.39 is 29.6 Å². The molecule has 2 aromatic rings. The van der Waals surface area contributed by atoms with E-state index in [1.54, 1.807) is 0 Å². The minimum absolute atomic E-state index is 0.00990. The van der Waals surface area contributed by atoms with E-state index >= 15 is 0 Å². The molecule has 0 amide bonds. The molecular weight excluding hydrogens is 263 g/mol. The number of aromatic nitrogens is 1. The second-order valence-corrected chi connectivity index (χ2v) is 3.78. The first-order valence-electron chi connectivity index (χ1n) is 5.22. The van der Waals surface area contributed by atoms with Crippen LogP contribution in [0.15, 0.2) is 45.9 Å². The standard InChI is InChI=1S/C12H8F3NO3/c13-12(14,15)8-3-4-11(18)16(6-8)7-9(17)10-2-1-5-19-10/h1-6H,7H2. The summed E-state index contributed by atoms with van der Waals surface area (Å²) < 4.78 is 43.0. The molecule has 19 heavy (non-hydrogen) atoms. The average molecular weight is 271 g/mol. The zero-order valence-corrected chi connectivity index (χ0v) is 9.48. The molecular formula is C12H8F3NO3. The van der Waals surface area contributed by atoms with Gasteiger partial charge in [-0.15, -0.1) is 0 Å². The predicted octanol–water partition coefficient (Wildman–Crippen LogP) is 2.34. The maximum Gasteiger partial charge on any atom is 0.417 e. The van der Waals surface area contributed by atoms with Crippen LogP contribution in [0.4, 0.5) is 13.2 Å². The van der Waals surface area contributed by atoms with Crippen molar-refractivity contribution < 1.29 is 22.4 Å². The molecule has 0 spiro atoms. The van der Waals surface area contributed by atoms with Gasteiger partial charge >= 0.3 is 6.18 Å². The molecule has 2 rings (SSSR count). The van der Waals surface area contributed by atoms with Crippen LogP contribution >= 0.6 is 0 Å². The smallest absolute Gasteiger partial charge is 0.417 e. The number of hydrogen-bond acceptors (Lipinski definition) is 3. The largest absolute Gasteiger partial charge is 0.461 e. The van der Waals surface area contributed by atoms with E-state index in [-0.39, 0.29) is 5.76 Å². The number of carbonyl (C=O) groups excluding carboxylic acids is 1. The van der Waals surface area contributed by atoms with Crippen LogP contribution in [-0.2, 0) is 12.7 Å². The number of halogens is 3. The van der Waals surface area contributed by atoms with Gasteiger partial charge in [-0.1, -0.05) is 0 Å². The van der Waals surface area contributed by atoms with Gasteiger partial charge in [0.05, 0.1) is 18.4 Å². The SMILES string of the molecule is O=C(Cn1cc(C(F)(F)F)ccc1=O)c1ccco1. The van der Waals surface area contributed by atoms with Crippen molar-refractivity contribution in [3.63, 3.8) is 0 Å². The molecule has 7 heteroatoms. The minimum atomic E-state index is -4.57. The number of Topliss-reactive ketones (excluding diaryl/α,β-unsaturated/α-hetero) is 1. The fourth-order valence-electron chi connectivity index (χ4n) is 1.49. The molecule has 0 fully saturated rings. The van der Waals surface area contributed by atoms with Crippen molar-refractivity contribution in [2.24, 2.45) is 0 Å². The molecule has 0 aromatic carbocycles. The lowest BCUT2D eigenvalue weighted by Gasteiger charge is -2.09. The number of furan rings is 1. The second kappa shape index (κ2) is 4.75. The Kier molecular flexibility index (Phi) is 3.28. The van der Waals surface area contributed by atoms with Crippen LogP contribution in [0.25, 0.3) is 0 Å². The number of nitrogens with zero attached hydrogens (tertiary/aromatic N) is 1. The van der Waals surface area contributed by atoms with Gasteiger partial charge in [-0.2, -0.15) is 13.2 Å². The molecule has 0 unspecified atom stereocenters. The summed E-state index contributed by atoms with van der Waals surface area (Å²) in [4.78, 5) is 23.1. The first-order valence-corrected chi connectivity index (χ1v) is 5.22. The third-order valence-electron chi connectivity index (χ3n) is 2.42. The summed E-state index contributed by atoms with van der Waals surface area (Å²) in [7, 11) is 0. The molecule has 0 aliphatic heterocycles. The van der Waals surface area contributed by atoms with Crippen molar-refractivity contribution in [3.05, 3.63) is 58.4 Å². The van der Waals surface area contributed by atoms with Gasteiger partial charge in [0.15, 0.2) is 5.76 Å². The molecule has 0 saturated carbocycles. The van der Waals surface area contributed by atoms with Gasteiger partial charge in [-0.05, 0) is 18.2 Å². The van der Waals surface area contributed by atoms with Crippen LogP contribution in [0.3, 0.4) is 0 Å². The fourth-order valence-corrected chi connectivity index (χ4v) is 1.49. The van der Waals surface area contributed by atoms with Gasteiger partial charge in [-0.25, -0.2) is 0 Å². The maximum atomic E-state index is 12.5. The summed E-state index contributed by atoms with van der Waals surface area (Å²) in [6.07, 6.45) is -2.69. The summed E-state index contributed by atoms with van der Waals surface area (Å²) in [5, 5.41) is 0. The summed E-state index contributed by atoms with van der Waals surface area (Å²) in [6, 6.07) is 4.30. The molecule has 0 N–H and O–H groups in total. The lowest BCUT2D eigenvalue weighted by molar-refractivity contribution is -0.138. The first-order chi connectivity index (χ1) is 8.88. The molecule has 0 bridgehead atoms. The highest BCUT2D eigenvalue weighted by Crippen LogP contribution is 2.28. The third kappa shape index (κ3) is 2.93. The summed E-state index contributed by atoms with van der Waals surface area (Å²) in [6.45, 7) is -0.504. The van der Waals surface area contributed by atoms with E-state index in [9.17, 15) is 22.8 Å². The number of carbonyl (C=O) groups is 1. The van der Waals surface area contributed by atoms with E-state index in [0.717, 1.165) is 6.07 Å². The third-order valence-corrected chi connectivity index (χ3v) is 2.42. The quantitative estimate of drug-likeness (QED) is 0.805. The van der Waals surface area contributed by atoms with E-state index in [4.69, 9.17) is 4.42 Å². The lowest BCUT2D eigenvalue weighted by Crippen LogP contribution is -2.24. The Morgan fingerprint density at radius 3 is 2.58 bits per heavy atom. The highest BCUT2D eigenvalue weighted by molar-refractivity contribution is 5.93. The van der Waals surface area contributed by atoms with Gasteiger partial charge < -0.3 is 8.98 Å². The van der Waals surface area contributed by atoms with Gasteiger partial charge in [0.25, 0.3) is 5.56 Å². The Morgan fingerprint density at radius 2 is 2.00 bits per heavy atom. The van der Waals surface area contributed by atoms with Crippen molar-refractivity contribution >= 4 is 5.78 Å². The van der Waals surface area contributed by atoms with Gasteiger partial charge in [-0.3, -0.25) is 9.59 Å². The molecule has 0 aliphatic carbocycles. The van der Waals surface area contributed by atoms with E-state index in [2.05, 4.69) is 0 Å². The minimum Gasteiger partial charge on any atom is -0.461 e. The Labute approximate surface area is 105 Å². The highest BCUT2D eigenvalue weighted by atomic mass is 19.4. The highest BCUT2D eigenvalue weighted by Gasteiger charge is 2.31. The molecule has 0 aliphatic rings. The number of ketones is 1. The second-order valence-electron chi connectivity index (χ2n) is 3.78. The summed E-state index contributed by atoms with van der Waals surface area (Å²) >= 11 is 0. The van der Waals surface area contributed by atoms with Crippen molar-refractivity contribution in [1.29, 1.82) is 0 Å². The first kappa shape index (κ1) is 13.1. The van der Waals surface area contributed by atoms with Crippen molar-refractivity contribution in [2.45, 2.75) is 12.7 Å². The Bertz CT molecular complexity index is 641. The topological polar surface area (TPSA) is 52.2 Å².